The van der Waals surface area contributed by atoms with Gasteiger partial charge in [0.1, 0.15) is 0 Å². The molecule has 106 valence electrons. The second-order valence-corrected chi connectivity index (χ2v) is 4.65. The Kier molecular flexibility index (Phi) is 4.64. The van der Waals surface area contributed by atoms with Crippen molar-refractivity contribution in [1.82, 2.24) is 4.90 Å². The highest BCUT2D eigenvalue weighted by atomic mass is 16.6. The van der Waals surface area contributed by atoms with Crippen LogP contribution < -0.4 is 4.90 Å². The largest absolute Gasteiger partial charge is 0.365 e. The molecule has 0 saturated carbocycles. The molecule has 0 spiro atoms. The predicted molar refractivity (Wildman–Crippen MR) is 74.5 cm³/mol. The number of nitrogens with zero attached hydrogens (tertiary/aromatic N) is 4. The van der Waals surface area contributed by atoms with Crippen molar-refractivity contribution in [3.05, 3.63) is 33.4 Å². The smallest absolute Gasteiger partial charge is 0.275 e. The number of nitro groups is 1. The van der Waals surface area contributed by atoms with E-state index in [0.717, 1.165) is 0 Å². The Hall–Kier alpha value is -2.62. The lowest BCUT2D eigenvalue weighted by molar-refractivity contribution is -0.385. The van der Waals surface area contributed by atoms with Gasteiger partial charge in [0.2, 0.25) is 5.91 Å². The lowest BCUT2D eigenvalue weighted by atomic mass is 10.1. The summed E-state index contributed by atoms with van der Waals surface area (Å²) in [5, 5.41) is 19.9. The SMILES string of the molecule is Cc1c(N(C)CC(=O)N(C)C)cc(C#N)cc1[N+](=O)[O-]. The summed E-state index contributed by atoms with van der Waals surface area (Å²) in [6, 6.07) is 4.68. The second kappa shape index (κ2) is 6.02. The van der Waals surface area contributed by atoms with Gasteiger partial charge in [0, 0.05) is 32.9 Å². The van der Waals surface area contributed by atoms with Crippen molar-refractivity contribution in [1.29, 1.82) is 5.26 Å². The molecule has 1 aromatic carbocycles. The summed E-state index contributed by atoms with van der Waals surface area (Å²) in [4.78, 5) is 25.2. The lowest BCUT2D eigenvalue weighted by Gasteiger charge is -2.22. The molecule has 0 bridgehead atoms. The zero-order chi connectivity index (χ0) is 15.4. The molecular formula is C13H16N4O3. The summed E-state index contributed by atoms with van der Waals surface area (Å²) in [6.45, 7) is 1.69. The van der Waals surface area contributed by atoms with Crippen molar-refractivity contribution in [2.45, 2.75) is 6.92 Å². The Labute approximate surface area is 117 Å². The summed E-state index contributed by atoms with van der Waals surface area (Å²) < 4.78 is 0. The number of likely N-dealkylation sites (N-methyl/N-ethyl adjacent to an activating group) is 2. The fourth-order valence-corrected chi connectivity index (χ4v) is 1.76. The Balaban J connectivity index is 3.23. The summed E-state index contributed by atoms with van der Waals surface area (Å²) in [6.07, 6.45) is 0. The molecule has 0 aliphatic carbocycles. The average molecular weight is 276 g/mol. The highest BCUT2D eigenvalue weighted by Crippen LogP contribution is 2.29. The van der Waals surface area contributed by atoms with Gasteiger partial charge in [-0.25, -0.2) is 0 Å². The third-order valence-corrected chi connectivity index (χ3v) is 2.96. The predicted octanol–water partition coefficient (Wildman–Crippen LogP) is 1.30. The first-order valence-corrected chi connectivity index (χ1v) is 5.88. The van der Waals surface area contributed by atoms with Crippen LogP contribution in [-0.4, -0.2) is 43.4 Å². The Morgan fingerprint density at radius 2 is 2.00 bits per heavy atom. The van der Waals surface area contributed by atoms with Gasteiger partial charge in [0.25, 0.3) is 5.69 Å². The molecule has 0 saturated heterocycles. The molecule has 1 amide bonds. The summed E-state index contributed by atoms with van der Waals surface area (Å²) in [7, 11) is 4.93. The van der Waals surface area contributed by atoms with Crippen LogP contribution in [0.2, 0.25) is 0 Å². The van der Waals surface area contributed by atoms with E-state index in [1.54, 1.807) is 39.0 Å². The number of hydrogen-bond donors (Lipinski definition) is 0. The minimum atomic E-state index is -0.527. The zero-order valence-electron chi connectivity index (χ0n) is 11.9. The maximum absolute atomic E-state index is 11.7. The van der Waals surface area contributed by atoms with Crippen LogP contribution in [0.3, 0.4) is 0 Å². The van der Waals surface area contributed by atoms with Gasteiger partial charge in [-0.3, -0.25) is 14.9 Å². The van der Waals surface area contributed by atoms with Gasteiger partial charge in [-0.2, -0.15) is 5.26 Å². The zero-order valence-corrected chi connectivity index (χ0v) is 11.9. The number of rotatable bonds is 4. The number of anilines is 1. The molecule has 0 aliphatic heterocycles. The van der Waals surface area contributed by atoms with Crippen molar-refractivity contribution in [3.8, 4) is 6.07 Å². The van der Waals surface area contributed by atoms with Gasteiger partial charge in [-0.05, 0) is 13.0 Å². The van der Waals surface area contributed by atoms with Gasteiger partial charge in [0.15, 0.2) is 0 Å². The Morgan fingerprint density at radius 3 is 2.45 bits per heavy atom. The number of hydrogen-bond acceptors (Lipinski definition) is 5. The highest BCUT2D eigenvalue weighted by Gasteiger charge is 2.20. The summed E-state index contributed by atoms with van der Waals surface area (Å²) >= 11 is 0. The average Bonchev–Trinajstić information content (AvgIpc) is 2.38. The third-order valence-electron chi connectivity index (χ3n) is 2.96. The number of carbonyl (C=O) groups excluding carboxylic acids is 1. The molecule has 0 fully saturated rings. The molecule has 0 radical (unpaired) electrons. The van der Waals surface area contributed by atoms with Gasteiger partial charge in [0.05, 0.1) is 28.7 Å². The lowest BCUT2D eigenvalue weighted by Crippen LogP contribution is -2.34. The quantitative estimate of drug-likeness (QED) is 0.610. The Morgan fingerprint density at radius 1 is 1.40 bits per heavy atom. The van der Waals surface area contributed by atoms with Gasteiger partial charge < -0.3 is 9.80 Å². The molecule has 0 N–H and O–H groups in total. The molecule has 1 aromatic rings. The molecule has 0 aromatic heterocycles. The van der Waals surface area contributed by atoms with Gasteiger partial charge >= 0.3 is 0 Å². The van der Waals surface area contributed by atoms with E-state index in [-0.39, 0.29) is 23.7 Å². The van der Waals surface area contributed by atoms with E-state index < -0.39 is 4.92 Å². The molecule has 20 heavy (non-hydrogen) atoms. The first-order chi connectivity index (χ1) is 9.27. The molecule has 1 rings (SSSR count). The second-order valence-electron chi connectivity index (χ2n) is 4.65. The molecular weight excluding hydrogens is 260 g/mol. The minimum Gasteiger partial charge on any atom is -0.365 e. The first kappa shape index (κ1) is 15.4. The highest BCUT2D eigenvalue weighted by molar-refractivity contribution is 5.81. The van der Waals surface area contributed by atoms with Crippen LogP contribution >= 0.6 is 0 Å². The summed E-state index contributed by atoms with van der Waals surface area (Å²) in [5.41, 5.74) is 1.01. The normalized spacial score (nSPS) is 9.75. The Bertz CT molecular complexity index is 590. The standard InChI is InChI=1S/C13H16N4O3/c1-9-11(16(4)8-13(18)15(2)3)5-10(7-14)6-12(9)17(19)20/h5-6H,8H2,1-4H3. The number of nitro benzene ring substituents is 1. The fraction of sp³-hybridized carbons (Fsp3) is 0.385. The van der Waals surface area contributed by atoms with Gasteiger partial charge in [-0.15, -0.1) is 0 Å². The van der Waals surface area contributed by atoms with Crippen molar-refractivity contribution in [2.24, 2.45) is 0 Å². The molecule has 0 heterocycles. The maximum Gasteiger partial charge on any atom is 0.275 e. The third kappa shape index (κ3) is 3.23. The molecule has 7 heteroatoms. The fourth-order valence-electron chi connectivity index (χ4n) is 1.76. The number of nitriles is 1. The van der Waals surface area contributed by atoms with Crippen molar-refractivity contribution < 1.29 is 9.72 Å². The van der Waals surface area contributed by atoms with Crippen molar-refractivity contribution in [3.63, 3.8) is 0 Å². The van der Waals surface area contributed by atoms with Crippen molar-refractivity contribution in [2.75, 3.05) is 32.6 Å². The van der Waals surface area contributed by atoms with E-state index in [0.29, 0.717) is 11.3 Å². The van der Waals surface area contributed by atoms with E-state index in [4.69, 9.17) is 5.26 Å². The van der Waals surface area contributed by atoms with Crippen LogP contribution in [0, 0.1) is 28.4 Å². The van der Waals surface area contributed by atoms with Crippen LogP contribution in [-0.2, 0) is 4.79 Å². The van der Waals surface area contributed by atoms with E-state index >= 15 is 0 Å². The summed E-state index contributed by atoms with van der Waals surface area (Å²) in [5.74, 6) is -0.128. The number of carbonyl (C=O) groups is 1. The van der Waals surface area contributed by atoms with Crippen LogP contribution in [0.15, 0.2) is 12.1 Å². The monoisotopic (exact) mass is 276 g/mol. The molecule has 7 nitrogen and oxygen atoms in total. The number of amides is 1. The van der Waals surface area contributed by atoms with E-state index in [1.807, 2.05) is 6.07 Å². The van der Waals surface area contributed by atoms with Crippen LogP contribution in [0.1, 0.15) is 11.1 Å². The van der Waals surface area contributed by atoms with Crippen LogP contribution in [0.5, 0.6) is 0 Å². The van der Waals surface area contributed by atoms with Crippen LogP contribution in [0.25, 0.3) is 0 Å². The van der Waals surface area contributed by atoms with E-state index in [2.05, 4.69) is 0 Å². The van der Waals surface area contributed by atoms with Crippen molar-refractivity contribution >= 4 is 17.3 Å². The first-order valence-electron chi connectivity index (χ1n) is 5.88. The van der Waals surface area contributed by atoms with E-state index in [9.17, 15) is 14.9 Å². The molecule has 0 unspecified atom stereocenters. The van der Waals surface area contributed by atoms with Crippen LogP contribution in [0.4, 0.5) is 11.4 Å². The molecule has 0 atom stereocenters. The molecule has 0 aliphatic rings. The maximum atomic E-state index is 11.7. The van der Waals surface area contributed by atoms with Gasteiger partial charge in [-0.1, -0.05) is 0 Å². The number of benzene rings is 1. The minimum absolute atomic E-state index is 0.0832. The topological polar surface area (TPSA) is 90.5 Å². The van der Waals surface area contributed by atoms with E-state index in [1.165, 1.54) is 11.0 Å².